The van der Waals surface area contributed by atoms with E-state index in [1.54, 1.807) is 7.11 Å². The van der Waals surface area contributed by atoms with Crippen LogP contribution in [0.3, 0.4) is 0 Å². The Morgan fingerprint density at radius 2 is 2.05 bits per heavy atom. The van der Waals surface area contributed by atoms with Gasteiger partial charge in [0.1, 0.15) is 5.75 Å². The summed E-state index contributed by atoms with van der Waals surface area (Å²) in [5.74, 6) is 1.92. The normalized spacial score (nSPS) is 31.5. The van der Waals surface area contributed by atoms with Crippen LogP contribution in [0, 0.1) is 17.3 Å². The number of fused-ring (bicyclic) bond motifs is 2. The number of rotatable bonds is 3. The molecule has 0 spiro atoms. The fourth-order valence-electron chi connectivity index (χ4n) is 3.30. The van der Waals surface area contributed by atoms with E-state index in [-0.39, 0.29) is 11.3 Å². The molecule has 0 unspecified atom stereocenters. The molecule has 2 bridgehead atoms. The van der Waals surface area contributed by atoms with Gasteiger partial charge >= 0.3 is 0 Å². The van der Waals surface area contributed by atoms with Crippen molar-refractivity contribution in [2.45, 2.75) is 19.8 Å². The molecule has 0 saturated heterocycles. The lowest BCUT2D eigenvalue weighted by atomic mass is 9.77. The van der Waals surface area contributed by atoms with Crippen LogP contribution in [-0.2, 0) is 4.79 Å². The van der Waals surface area contributed by atoms with Gasteiger partial charge in [0, 0.05) is 5.69 Å². The molecule has 3 rings (SSSR count). The van der Waals surface area contributed by atoms with E-state index in [9.17, 15) is 4.79 Å². The number of hydrogen-bond donors (Lipinski definition) is 1. The van der Waals surface area contributed by atoms with Gasteiger partial charge in [-0.2, -0.15) is 0 Å². The first-order valence-corrected chi connectivity index (χ1v) is 6.75. The molecule has 1 aromatic rings. The highest BCUT2D eigenvalue weighted by molar-refractivity contribution is 5.96. The molecular weight excluding hydrogens is 238 g/mol. The van der Waals surface area contributed by atoms with Gasteiger partial charge < -0.3 is 10.1 Å². The number of methoxy groups -OCH3 is 1. The van der Waals surface area contributed by atoms with E-state index in [1.807, 2.05) is 24.3 Å². The monoisotopic (exact) mass is 257 g/mol. The molecule has 1 saturated carbocycles. The number of nitrogens with one attached hydrogen (secondary N) is 1. The van der Waals surface area contributed by atoms with Crippen molar-refractivity contribution in [2.75, 3.05) is 12.4 Å². The molecule has 1 N–H and O–H groups in total. The second-order valence-electron chi connectivity index (χ2n) is 5.79. The first-order valence-electron chi connectivity index (χ1n) is 6.75. The van der Waals surface area contributed by atoms with Crippen molar-refractivity contribution in [3.05, 3.63) is 36.4 Å². The van der Waals surface area contributed by atoms with E-state index in [2.05, 4.69) is 24.4 Å². The largest absolute Gasteiger partial charge is 0.497 e. The third-order valence-corrected chi connectivity index (χ3v) is 4.54. The molecule has 0 aromatic heterocycles. The number of allylic oxidation sites excluding steroid dienone is 2. The van der Waals surface area contributed by atoms with Crippen molar-refractivity contribution in [1.29, 1.82) is 0 Å². The SMILES string of the molecule is COc1ccc(NC(=O)[C@@]2(C)C[C@H]3C=C[C@H]2C3)cc1. The number of hydrogen-bond acceptors (Lipinski definition) is 2. The molecule has 3 atom stereocenters. The number of benzene rings is 1. The summed E-state index contributed by atoms with van der Waals surface area (Å²) >= 11 is 0. The van der Waals surface area contributed by atoms with Gasteiger partial charge in [0.05, 0.1) is 12.5 Å². The number of ether oxygens (including phenoxy) is 1. The molecule has 0 radical (unpaired) electrons. The van der Waals surface area contributed by atoms with E-state index >= 15 is 0 Å². The predicted octanol–water partition coefficient (Wildman–Crippen LogP) is 3.24. The van der Waals surface area contributed by atoms with Gasteiger partial charge in [-0.25, -0.2) is 0 Å². The fourth-order valence-corrected chi connectivity index (χ4v) is 3.30. The van der Waals surface area contributed by atoms with Crippen LogP contribution >= 0.6 is 0 Å². The summed E-state index contributed by atoms with van der Waals surface area (Å²) in [7, 11) is 1.64. The van der Waals surface area contributed by atoms with Gasteiger partial charge in [-0.3, -0.25) is 4.79 Å². The van der Waals surface area contributed by atoms with E-state index in [0.717, 1.165) is 24.3 Å². The Balaban J connectivity index is 1.72. The van der Waals surface area contributed by atoms with Crippen LogP contribution < -0.4 is 10.1 Å². The predicted molar refractivity (Wildman–Crippen MR) is 75.1 cm³/mol. The van der Waals surface area contributed by atoms with E-state index < -0.39 is 0 Å². The van der Waals surface area contributed by atoms with Gasteiger partial charge in [0.2, 0.25) is 5.91 Å². The Morgan fingerprint density at radius 1 is 1.32 bits per heavy atom. The quantitative estimate of drug-likeness (QED) is 0.844. The van der Waals surface area contributed by atoms with E-state index in [4.69, 9.17) is 4.74 Å². The number of carbonyl (C=O) groups excluding carboxylic acids is 1. The highest BCUT2D eigenvalue weighted by Crippen LogP contribution is 2.52. The van der Waals surface area contributed by atoms with Crippen LogP contribution in [0.2, 0.25) is 0 Å². The Hall–Kier alpha value is -1.77. The Kier molecular flexibility index (Phi) is 2.85. The minimum absolute atomic E-state index is 0.134. The minimum Gasteiger partial charge on any atom is -0.497 e. The lowest BCUT2D eigenvalue weighted by molar-refractivity contribution is -0.126. The van der Waals surface area contributed by atoms with Crippen molar-refractivity contribution >= 4 is 11.6 Å². The maximum absolute atomic E-state index is 12.5. The van der Waals surface area contributed by atoms with Crippen LogP contribution in [0.15, 0.2) is 36.4 Å². The van der Waals surface area contributed by atoms with Crippen molar-refractivity contribution in [1.82, 2.24) is 0 Å². The summed E-state index contributed by atoms with van der Waals surface area (Å²) < 4.78 is 5.11. The molecule has 2 aliphatic carbocycles. The summed E-state index contributed by atoms with van der Waals surface area (Å²) in [5.41, 5.74) is 0.582. The topological polar surface area (TPSA) is 38.3 Å². The van der Waals surface area contributed by atoms with Gasteiger partial charge in [-0.1, -0.05) is 19.1 Å². The molecule has 3 heteroatoms. The maximum atomic E-state index is 12.5. The summed E-state index contributed by atoms with van der Waals surface area (Å²) in [6, 6.07) is 7.48. The van der Waals surface area contributed by atoms with Gasteiger partial charge in [0.15, 0.2) is 0 Å². The zero-order valence-electron chi connectivity index (χ0n) is 11.3. The lowest BCUT2D eigenvalue weighted by Gasteiger charge is -2.29. The molecule has 2 aliphatic rings. The van der Waals surface area contributed by atoms with Crippen molar-refractivity contribution in [3.63, 3.8) is 0 Å². The molecule has 19 heavy (non-hydrogen) atoms. The first-order chi connectivity index (χ1) is 9.11. The van der Waals surface area contributed by atoms with E-state index in [0.29, 0.717) is 11.8 Å². The third kappa shape index (κ3) is 2.03. The zero-order valence-corrected chi connectivity index (χ0v) is 11.3. The molecule has 1 aromatic carbocycles. The number of amides is 1. The summed E-state index contributed by atoms with van der Waals surface area (Å²) in [6.45, 7) is 2.08. The third-order valence-electron chi connectivity index (χ3n) is 4.54. The van der Waals surface area contributed by atoms with Crippen LogP contribution in [0.5, 0.6) is 5.75 Å². The molecule has 0 heterocycles. The molecule has 1 fully saturated rings. The van der Waals surface area contributed by atoms with Gasteiger partial charge in [-0.05, 0) is 48.9 Å². The molecule has 100 valence electrons. The highest BCUT2D eigenvalue weighted by Gasteiger charge is 2.49. The Labute approximate surface area is 113 Å². The lowest BCUT2D eigenvalue weighted by Crippen LogP contribution is -2.36. The Morgan fingerprint density at radius 3 is 2.58 bits per heavy atom. The Bertz CT molecular complexity index is 520. The van der Waals surface area contributed by atoms with Crippen LogP contribution in [0.4, 0.5) is 5.69 Å². The van der Waals surface area contributed by atoms with Crippen LogP contribution in [0.25, 0.3) is 0 Å². The first kappa shape index (κ1) is 12.3. The summed E-state index contributed by atoms with van der Waals surface area (Å²) in [5, 5.41) is 3.03. The average molecular weight is 257 g/mol. The maximum Gasteiger partial charge on any atom is 0.230 e. The van der Waals surface area contributed by atoms with Gasteiger partial charge in [-0.15, -0.1) is 0 Å². The molecule has 0 aliphatic heterocycles. The standard InChI is InChI=1S/C16H19NO2/c1-16(10-11-3-4-12(16)9-11)15(18)17-13-5-7-14(19-2)8-6-13/h3-8,11-12H,9-10H2,1-2H3,(H,17,18)/t11-,12-,16-/m0/s1. The molecule has 3 nitrogen and oxygen atoms in total. The molecule has 1 amide bonds. The van der Waals surface area contributed by atoms with E-state index in [1.165, 1.54) is 0 Å². The second kappa shape index (κ2) is 4.41. The zero-order chi connectivity index (χ0) is 13.5. The fraction of sp³-hybridized carbons (Fsp3) is 0.438. The van der Waals surface area contributed by atoms with Gasteiger partial charge in [0.25, 0.3) is 0 Å². The van der Waals surface area contributed by atoms with Crippen molar-refractivity contribution < 1.29 is 9.53 Å². The number of anilines is 1. The van der Waals surface area contributed by atoms with Crippen LogP contribution in [0.1, 0.15) is 19.8 Å². The molecular formula is C16H19NO2. The second-order valence-corrected chi connectivity index (χ2v) is 5.79. The average Bonchev–Trinajstić information content (AvgIpc) is 3.00. The summed E-state index contributed by atoms with van der Waals surface area (Å²) in [4.78, 5) is 12.5. The smallest absolute Gasteiger partial charge is 0.230 e. The highest BCUT2D eigenvalue weighted by atomic mass is 16.5. The van der Waals surface area contributed by atoms with Crippen molar-refractivity contribution in [2.24, 2.45) is 17.3 Å². The van der Waals surface area contributed by atoms with Crippen molar-refractivity contribution in [3.8, 4) is 5.75 Å². The van der Waals surface area contributed by atoms with Crippen LogP contribution in [-0.4, -0.2) is 13.0 Å². The summed E-state index contributed by atoms with van der Waals surface area (Å²) in [6.07, 6.45) is 6.57. The number of carbonyl (C=O) groups is 1. The minimum atomic E-state index is -0.251.